The summed E-state index contributed by atoms with van der Waals surface area (Å²) in [5, 5.41) is 4.18. The maximum Gasteiger partial charge on any atom is 0.211 e. The summed E-state index contributed by atoms with van der Waals surface area (Å²) in [5.74, 6) is 0.794. The normalized spacial score (nSPS) is 19.9. The number of sulfonamides is 1. The van der Waals surface area contributed by atoms with E-state index in [0.29, 0.717) is 18.9 Å². The van der Waals surface area contributed by atoms with Crippen LogP contribution >= 0.6 is 0 Å². The fraction of sp³-hybridized carbons (Fsp3) is 0.533. The van der Waals surface area contributed by atoms with Gasteiger partial charge >= 0.3 is 0 Å². The maximum atomic E-state index is 11.8. The van der Waals surface area contributed by atoms with Gasteiger partial charge in [0.2, 0.25) is 10.0 Å². The molecule has 23 heavy (non-hydrogen) atoms. The number of aryl methyl sites for hydroxylation is 2. The second-order valence-corrected chi connectivity index (χ2v) is 8.01. The van der Waals surface area contributed by atoms with E-state index >= 15 is 0 Å². The first kappa shape index (κ1) is 16.1. The summed E-state index contributed by atoms with van der Waals surface area (Å²) in [5.41, 5.74) is 2.65. The molecular formula is C15H21N5O2S. The van der Waals surface area contributed by atoms with Gasteiger partial charge in [0.05, 0.1) is 17.6 Å². The van der Waals surface area contributed by atoms with E-state index in [2.05, 4.69) is 15.1 Å². The Morgan fingerprint density at radius 2 is 2.09 bits per heavy atom. The predicted molar refractivity (Wildman–Crippen MR) is 87.4 cm³/mol. The SMILES string of the molecule is Cc1nc(-c2ccnn2C)cc([C@H]2CCCN(S(C)(=O)=O)C2)n1. The van der Waals surface area contributed by atoms with Crippen molar-refractivity contribution in [1.29, 1.82) is 0 Å². The van der Waals surface area contributed by atoms with Gasteiger partial charge in [-0.2, -0.15) is 5.10 Å². The lowest BCUT2D eigenvalue weighted by atomic mass is 9.95. The third-order valence-corrected chi connectivity index (χ3v) is 5.48. The van der Waals surface area contributed by atoms with Crippen molar-refractivity contribution in [2.45, 2.75) is 25.7 Å². The minimum absolute atomic E-state index is 0.104. The van der Waals surface area contributed by atoms with E-state index in [4.69, 9.17) is 0 Å². The van der Waals surface area contributed by atoms with Crippen LogP contribution in [-0.2, 0) is 17.1 Å². The summed E-state index contributed by atoms with van der Waals surface area (Å²) in [4.78, 5) is 9.05. The lowest BCUT2D eigenvalue weighted by Crippen LogP contribution is -2.38. The van der Waals surface area contributed by atoms with Crippen molar-refractivity contribution < 1.29 is 8.42 Å². The van der Waals surface area contributed by atoms with E-state index in [1.165, 1.54) is 6.26 Å². The molecule has 0 aromatic carbocycles. The molecule has 1 fully saturated rings. The largest absolute Gasteiger partial charge is 0.266 e. The van der Waals surface area contributed by atoms with Gasteiger partial charge in [-0.05, 0) is 31.9 Å². The van der Waals surface area contributed by atoms with E-state index in [1.54, 1.807) is 15.2 Å². The van der Waals surface area contributed by atoms with Gasteiger partial charge in [0.1, 0.15) is 5.82 Å². The topological polar surface area (TPSA) is 81.0 Å². The second kappa shape index (κ2) is 6.01. The molecule has 3 rings (SSSR count). The Kier molecular flexibility index (Phi) is 4.20. The lowest BCUT2D eigenvalue weighted by Gasteiger charge is -2.30. The smallest absolute Gasteiger partial charge is 0.211 e. The molecule has 7 nitrogen and oxygen atoms in total. The number of piperidine rings is 1. The highest BCUT2D eigenvalue weighted by molar-refractivity contribution is 7.88. The van der Waals surface area contributed by atoms with Gasteiger partial charge in [-0.3, -0.25) is 4.68 Å². The van der Waals surface area contributed by atoms with Crippen LogP contribution in [0.1, 0.15) is 30.3 Å². The maximum absolute atomic E-state index is 11.8. The Balaban J connectivity index is 1.94. The number of hydrogen-bond donors (Lipinski definition) is 0. The summed E-state index contributed by atoms with van der Waals surface area (Å²) in [6.45, 7) is 2.94. The van der Waals surface area contributed by atoms with Crippen LogP contribution < -0.4 is 0 Å². The molecule has 124 valence electrons. The standard InChI is InChI=1S/C15H21N5O2S/c1-11-17-13(9-14(18-11)15-6-7-16-19(15)2)12-5-4-8-20(10-12)23(3,21)22/h6-7,9,12H,4-5,8,10H2,1-3H3/t12-/m0/s1. The summed E-state index contributed by atoms with van der Waals surface area (Å²) >= 11 is 0. The highest BCUT2D eigenvalue weighted by Gasteiger charge is 2.28. The molecule has 0 saturated carbocycles. The highest BCUT2D eigenvalue weighted by atomic mass is 32.2. The Hall–Kier alpha value is -1.80. The van der Waals surface area contributed by atoms with Gasteiger partial charge in [0.25, 0.3) is 0 Å². The molecule has 2 aromatic rings. The Morgan fingerprint density at radius 3 is 2.74 bits per heavy atom. The highest BCUT2D eigenvalue weighted by Crippen LogP contribution is 2.29. The predicted octanol–water partition coefficient (Wildman–Crippen LogP) is 1.32. The third-order valence-electron chi connectivity index (χ3n) is 4.21. The molecule has 0 spiro atoms. The van der Waals surface area contributed by atoms with E-state index in [1.807, 2.05) is 26.1 Å². The molecular weight excluding hydrogens is 314 g/mol. The van der Waals surface area contributed by atoms with Crippen LogP contribution in [0.3, 0.4) is 0 Å². The first-order chi connectivity index (χ1) is 10.8. The third kappa shape index (κ3) is 3.42. The molecule has 0 bridgehead atoms. The van der Waals surface area contributed by atoms with E-state index in [0.717, 1.165) is 29.9 Å². The summed E-state index contributed by atoms with van der Waals surface area (Å²) in [7, 11) is -1.29. The molecule has 2 aromatic heterocycles. The van der Waals surface area contributed by atoms with E-state index < -0.39 is 10.0 Å². The zero-order valence-electron chi connectivity index (χ0n) is 13.6. The van der Waals surface area contributed by atoms with Crippen molar-refractivity contribution in [1.82, 2.24) is 24.1 Å². The van der Waals surface area contributed by atoms with Crippen LogP contribution in [-0.4, -0.2) is 51.8 Å². The molecule has 3 heterocycles. The molecule has 0 unspecified atom stereocenters. The molecule has 1 atom stereocenters. The van der Waals surface area contributed by atoms with Crippen molar-refractivity contribution in [3.05, 3.63) is 29.8 Å². The first-order valence-electron chi connectivity index (χ1n) is 7.63. The van der Waals surface area contributed by atoms with Gasteiger partial charge in [-0.25, -0.2) is 22.7 Å². The molecule has 0 radical (unpaired) electrons. The second-order valence-electron chi connectivity index (χ2n) is 6.03. The number of nitrogens with zero attached hydrogens (tertiary/aromatic N) is 5. The van der Waals surface area contributed by atoms with E-state index in [-0.39, 0.29) is 5.92 Å². The minimum Gasteiger partial charge on any atom is -0.266 e. The summed E-state index contributed by atoms with van der Waals surface area (Å²) < 4.78 is 26.9. The Bertz CT molecular complexity index is 815. The van der Waals surface area contributed by atoms with Gasteiger partial charge in [0.15, 0.2) is 0 Å². The van der Waals surface area contributed by atoms with Crippen LogP contribution in [0.2, 0.25) is 0 Å². The van der Waals surface area contributed by atoms with Crippen molar-refractivity contribution in [2.24, 2.45) is 7.05 Å². The fourth-order valence-corrected chi connectivity index (χ4v) is 3.95. The summed E-state index contributed by atoms with van der Waals surface area (Å²) in [6.07, 6.45) is 4.79. The Labute approximate surface area is 136 Å². The van der Waals surface area contributed by atoms with Crippen molar-refractivity contribution in [3.8, 4) is 11.4 Å². The van der Waals surface area contributed by atoms with Gasteiger partial charge in [-0.1, -0.05) is 0 Å². The molecule has 1 aliphatic heterocycles. The van der Waals surface area contributed by atoms with Gasteiger partial charge < -0.3 is 0 Å². The van der Waals surface area contributed by atoms with Gasteiger partial charge in [-0.15, -0.1) is 0 Å². The number of aromatic nitrogens is 4. The number of rotatable bonds is 3. The molecule has 8 heteroatoms. The zero-order chi connectivity index (χ0) is 16.6. The molecule has 1 aliphatic rings. The van der Waals surface area contributed by atoms with Crippen LogP contribution in [0.15, 0.2) is 18.3 Å². The molecule has 0 amide bonds. The van der Waals surface area contributed by atoms with Crippen molar-refractivity contribution in [2.75, 3.05) is 19.3 Å². The molecule has 1 saturated heterocycles. The quantitative estimate of drug-likeness (QED) is 0.845. The summed E-state index contributed by atoms with van der Waals surface area (Å²) in [6, 6.07) is 3.87. The average molecular weight is 335 g/mol. The van der Waals surface area contributed by atoms with Gasteiger partial charge in [0, 0.05) is 37.9 Å². The van der Waals surface area contributed by atoms with Crippen LogP contribution in [0.4, 0.5) is 0 Å². The lowest BCUT2D eigenvalue weighted by molar-refractivity contribution is 0.314. The van der Waals surface area contributed by atoms with Crippen molar-refractivity contribution in [3.63, 3.8) is 0 Å². The van der Waals surface area contributed by atoms with Crippen LogP contribution in [0, 0.1) is 6.92 Å². The number of hydrogen-bond acceptors (Lipinski definition) is 5. The van der Waals surface area contributed by atoms with Crippen molar-refractivity contribution >= 4 is 10.0 Å². The van der Waals surface area contributed by atoms with E-state index in [9.17, 15) is 8.42 Å². The Morgan fingerprint density at radius 1 is 1.30 bits per heavy atom. The molecule has 0 N–H and O–H groups in total. The average Bonchev–Trinajstić information content (AvgIpc) is 2.92. The monoisotopic (exact) mass is 335 g/mol. The van der Waals surface area contributed by atoms with Crippen LogP contribution in [0.5, 0.6) is 0 Å². The first-order valence-corrected chi connectivity index (χ1v) is 9.48. The molecule has 0 aliphatic carbocycles. The minimum atomic E-state index is -3.16. The fourth-order valence-electron chi connectivity index (χ4n) is 3.04. The zero-order valence-corrected chi connectivity index (χ0v) is 14.4. The van der Waals surface area contributed by atoms with Crippen LogP contribution in [0.25, 0.3) is 11.4 Å².